The maximum atomic E-state index is 13.4. The molecule has 0 radical (unpaired) electrons. The Hall–Kier alpha value is -3.43. The minimum atomic E-state index is -0.797. The molecular formula is C25H31N5O4. The predicted octanol–water partition coefficient (Wildman–Crippen LogP) is 0.960. The number of benzene rings is 2. The monoisotopic (exact) mass is 465 g/mol. The first-order valence-corrected chi connectivity index (χ1v) is 11.6. The Balaban J connectivity index is 1.41. The van der Waals surface area contributed by atoms with Gasteiger partial charge in [-0.3, -0.25) is 19.6 Å². The van der Waals surface area contributed by atoms with E-state index >= 15 is 0 Å². The Labute approximate surface area is 199 Å². The molecule has 4 rings (SSSR count). The van der Waals surface area contributed by atoms with Gasteiger partial charge in [-0.1, -0.05) is 36.4 Å². The van der Waals surface area contributed by atoms with E-state index in [0.29, 0.717) is 38.3 Å². The fourth-order valence-electron chi connectivity index (χ4n) is 4.78. The SMILES string of the molecule is CN(C(=O)c1ccccc1)C1CN[C@H](C(=O)N2CCN(c3ccccc3)CC2)[C@@H](C(=O)NO)C1. The average molecular weight is 466 g/mol. The molecule has 3 N–H and O–H groups in total. The molecule has 3 atom stereocenters. The largest absolute Gasteiger partial charge is 0.368 e. The fraction of sp³-hybridized carbons (Fsp3) is 0.400. The standard InChI is InChI=1S/C25H31N5O4/c1-28(24(32)18-8-4-2-5-9-18)20-16-21(23(31)27-34)22(26-17-20)25(33)30-14-12-29(13-15-30)19-10-6-3-7-11-19/h2-11,20-22,26,34H,12-17H2,1H3,(H,27,31)/t20?,21-,22-/m0/s1. The number of nitrogens with one attached hydrogen (secondary N) is 2. The van der Waals surface area contributed by atoms with Crippen LogP contribution >= 0.6 is 0 Å². The smallest absolute Gasteiger partial charge is 0.253 e. The third-order valence-electron chi connectivity index (χ3n) is 6.82. The molecule has 0 aromatic heterocycles. The Kier molecular flexibility index (Phi) is 7.44. The first-order valence-electron chi connectivity index (χ1n) is 11.6. The van der Waals surface area contributed by atoms with E-state index in [9.17, 15) is 19.6 Å². The summed E-state index contributed by atoms with van der Waals surface area (Å²) in [5, 5.41) is 12.5. The van der Waals surface area contributed by atoms with Gasteiger partial charge in [0.15, 0.2) is 0 Å². The zero-order valence-electron chi connectivity index (χ0n) is 19.3. The van der Waals surface area contributed by atoms with E-state index in [-0.39, 0.29) is 24.3 Å². The second-order valence-corrected chi connectivity index (χ2v) is 8.79. The second-order valence-electron chi connectivity index (χ2n) is 8.79. The van der Waals surface area contributed by atoms with Gasteiger partial charge >= 0.3 is 0 Å². The van der Waals surface area contributed by atoms with Crippen molar-refractivity contribution in [3.63, 3.8) is 0 Å². The molecule has 34 heavy (non-hydrogen) atoms. The molecule has 2 aliphatic heterocycles. The van der Waals surface area contributed by atoms with Crippen molar-refractivity contribution < 1.29 is 19.6 Å². The fourth-order valence-corrected chi connectivity index (χ4v) is 4.78. The van der Waals surface area contributed by atoms with Gasteiger partial charge in [0.25, 0.3) is 5.91 Å². The maximum absolute atomic E-state index is 13.4. The van der Waals surface area contributed by atoms with Gasteiger partial charge in [0.1, 0.15) is 0 Å². The first-order chi connectivity index (χ1) is 16.5. The predicted molar refractivity (Wildman–Crippen MR) is 127 cm³/mol. The Morgan fingerprint density at radius 3 is 2.21 bits per heavy atom. The highest BCUT2D eigenvalue weighted by Gasteiger charge is 2.43. The first kappa shape index (κ1) is 23.7. The Morgan fingerprint density at radius 2 is 1.59 bits per heavy atom. The summed E-state index contributed by atoms with van der Waals surface area (Å²) in [4.78, 5) is 44.4. The minimum Gasteiger partial charge on any atom is -0.368 e. The van der Waals surface area contributed by atoms with Gasteiger partial charge in [0.05, 0.1) is 12.0 Å². The number of hydroxylamine groups is 1. The summed E-state index contributed by atoms with van der Waals surface area (Å²) in [5.41, 5.74) is 3.39. The topological polar surface area (TPSA) is 105 Å². The van der Waals surface area contributed by atoms with Crippen LogP contribution in [0, 0.1) is 5.92 Å². The van der Waals surface area contributed by atoms with Crippen molar-refractivity contribution in [2.75, 3.05) is 44.7 Å². The van der Waals surface area contributed by atoms with E-state index < -0.39 is 17.9 Å². The molecule has 2 aliphatic rings. The number of hydrogen-bond acceptors (Lipinski definition) is 6. The molecule has 0 spiro atoms. The van der Waals surface area contributed by atoms with Gasteiger partial charge in [-0.2, -0.15) is 0 Å². The molecule has 0 saturated carbocycles. The number of piperidine rings is 1. The minimum absolute atomic E-state index is 0.155. The normalized spacial score (nSPS) is 22.7. The van der Waals surface area contributed by atoms with Gasteiger partial charge in [-0.15, -0.1) is 0 Å². The highest BCUT2D eigenvalue weighted by molar-refractivity contribution is 5.94. The molecule has 3 amide bonds. The number of carbonyl (C=O) groups is 3. The van der Waals surface area contributed by atoms with Crippen molar-refractivity contribution in [1.82, 2.24) is 20.6 Å². The Morgan fingerprint density at radius 1 is 0.971 bits per heavy atom. The van der Waals surface area contributed by atoms with Crippen LogP contribution in [0.1, 0.15) is 16.8 Å². The summed E-state index contributed by atoms with van der Waals surface area (Å²) in [7, 11) is 1.69. The molecule has 1 unspecified atom stereocenters. The van der Waals surface area contributed by atoms with Gasteiger partial charge in [0.2, 0.25) is 11.8 Å². The summed E-state index contributed by atoms with van der Waals surface area (Å²) >= 11 is 0. The average Bonchev–Trinajstić information content (AvgIpc) is 2.92. The lowest BCUT2D eigenvalue weighted by molar-refractivity contribution is -0.144. The summed E-state index contributed by atoms with van der Waals surface area (Å²) in [5.74, 6) is -1.73. The number of anilines is 1. The summed E-state index contributed by atoms with van der Waals surface area (Å²) in [6.07, 6.45) is 0.273. The molecule has 2 aromatic rings. The number of nitrogens with zero attached hydrogens (tertiary/aromatic N) is 3. The van der Waals surface area contributed by atoms with Gasteiger partial charge in [-0.25, -0.2) is 5.48 Å². The molecule has 0 bridgehead atoms. The number of rotatable bonds is 5. The van der Waals surface area contributed by atoms with Crippen LogP contribution in [0.3, 0.4) is 0 Å². The van der Waals surface area contributed by atoms with Crippen molar-refractivity contribution in [2.24, 2.45) is 5.92 Å². The lowest BCUT2D eigenvalue weighted by Crippen LogP contribution is -2.63. The van der Waals surface area contributed by atoms with E-state index in [1.54, 1.807) is 46.6 Å². The summed E-state index contributed by atoms with van der Waals surface area (Å²) in [6.45, 7) is 2.89. The summed E-state index contributed by atoms with van der Waals surface area (Å²) < 4.78 is 0. The van der Waals surface area contributed by atoms with Crippen LogP contribution in [0.2, 0.25) is 0 Å². The molecule has 2 aromatic carbocycles. The quantitative estimate of drug-likeness (QED) is 0.449. The molecule has 180 valence electrons. The number of para-hydroxylation sites is 1. The van der Waals surface area contributed by atoms with Crippen molar-refractivity contribution in [1.29, 1.82) is 0 Å². The maximum Gasteiger partial charge on any atom is 0.253 e. The van der Waals surface area contributed by atoms with Crippen molar-refractivity contribution in [3.8, 4) is 0 Å². The number of carbonyl (C=O) groups excluding carboxylic acids is 3. The van der Waals surface area contributed by atoms with E-state index in [0.717, 1.165) is 5.69 Å². The van der Waals surface area contributed by atoms with Crippen LogP contribution < -0.4 is 15.7 Å². The molecular weight excluding hydrogens is 434 g/mol. The third-order valence-corrected chi connectivity index (χ3v) is 6.82. The molecule has 2 heterocycles. The zero-order chi connectivity index (χ0) is 24.1. The van der Waals surface area contributed by atoms with Crippen LogP contribution in [-0.4, -0.2) is 84.6 Å². The van der Waals surface area contributed by atoms with E-state index in [2.05, 4.69) is 22.3 Å². The highest BCUT2D eigenvalue weighted by atomic mass is 16.5. The van der Waals surface area contributed by atoms with Crippen molar-refractivity contribution in [2.45, 2.75) is 18.5 Å². The highest BCUT2D eigenvalue weighted by Crippen LogP contribution is 2.24. The third kappa shape index (κ3) is 5.05. The van der Waals surface area contributed by atoms with Crippen molar-refractivity contribution >= 4 is 23.4 Å². The van der Waals surface area contributed by atoms with Crippen molar-refractivity contribution in [3.05, 3.63) is 66.2 Å². The number of hydrogen-bond donors (Lipinski definition) is 3. The Bertz CT molecular complexity index is 995. The molecule has 9 heteroatoms. The second kappa shape index (κ2) is 10.7. The molecule has 2 saturated heterocycles. The molecule has 9 nitrogen and oxygen atoms in total. The van der Waals surface area contributed by atoms with Crippen LogP contribution in [0.5, 0.6) is 0 Å². The van der Waals surface area contributed by atoms with Crippen LogP contribution in [-0.2, 0) is 9.59 Å². The van der Waals surface area contributed by atoms with E-state index in [1.165, 1.54) is 0 Å². The molecule has 0 aliphatic carbocycles. The van der Waals surface area contributed by atoms with Gasteiger partial charge < -0.3 is 20.0 Å². The van der Waals surface area contributed by atoms with Crippen LogP contribution in [0.15, 0.2) is 60.7 Å². The van der Waals surface area contributed by atoms with E-state index in [1.807, 2.05) is 24.3 Å². The number of piperazine rings is 1. The molecule has 2 fully saturated rings. The van der Waals surface area contributed by atoms with Crippen LogP contribution in [0.25, 0.3) is 0 Å². The van der Waals surface area contributed by atoms with Gasteiger partial charge in [0, 0.05) is 57.1 Å². The summed E-state index contributed by atoms with van der Waals surface area (Å²) in [6, 6.07) is 17.9. The van der Waals surface area contributed by atoms with Crippen LogP contribution in [0.4, 0.5) is 5.69 Å². The number of amides is 3. The number of likely N-dealkylation sites (N-methyl/N-ethyl adjacent to an activating group) is 1. The lowest BCUT2D eigenvalue weighted by Gasteiger charge is -2.42. The van der Waals surface area contributed by atoms with Gasteiger partial charge in [-0.05, 0) is 30.7 Å². The lowest BCUT2D eigenvalue weighted by atomic mass is 9.85. The zero-order valence-corrected chi connectivity index (χ0v) is 19.3. The van der Waals surface area contributed by atoms with E-state index in [4.69, 9.17) is 0 Å².